The van der Waals surface area contributed by atoms with Gasteiger partial charge in [0.15, 0.2) is 20.0 Å². The van der Waals surface area contributed by atoms with Crippen molar-refractivity contribution in [2.45, 2.75) is 22.4 Å². The van der Waals surface area contributed by atoms with Gasteiger partial charge in [0.05, 0.1) is 6.04 Å². The fraction of sp³-hybridized carbons (Fsp3) is 0.333. The van der Waals surface area contributed by atoms with Crippen molar-refractivity contribution in [1.29, 1.82) is 0 Å². The molecule has 4 N–H and O–H groups in total. The molecular formula is C18H19Cl3FN3O4S. The van der Waals surface area contributed by atoms with Gasteiger partial charge in [-0.15, -0.1) is 11.6 Å². The maximum absolute atomic E-state index is 14.3. The zero-order chi connectivity index (χ0) is 22.6. The van der Waals surface area contributed by atoms with Crippen LogP contribution in [0.2, 0.25) is 0 Å². The SMILES string of the molecule is CS(=O)(=O)C(N)c1ncc(-c2ccc([C@@H](O)[C@@H](CCl)NC(=O)C(Cl)Cl)cc2)cc1F. The van der Waals surface area contributed by atoms with E-state index in [1.54, 1.807) is 24.3 Å². The highest BCUT2D eigenvalue weighted by Gasteiger charge is 2.25. The highest BCUT2D eigenvalue weighted by Crippen LogP contribution is 2.26. The molecule has 0 aliphatic rings. The minimum absolute atomic E-state index is 0.0909. The molecule has 0 spiro atoms. The van der Waals surface area contributed by atoms with E-state index in [-0.39, 0.29) is 11.6 Å². The van der Waals surface area contributed by atoms with Crippen LogP contribution in [0.1, 0.15) is 22.7 Å². The number of aliphatic hydroxyl groups excluding tert-OH is 1. The number of rotatable bonds is 8. The van der Waals surface area contributed by atoms with Gasteiger partial charge in [0, 0.05) is 23.9 Å². The van der Waals surface area contributed by atoms with Gasteiger partial charge in [-0.2, -0.15) is 0 Å². The van der Waals surface area contributed by atoms with Crippen molar-refractivity contribution >= 4 is 50.5 Å². The molecule has 12 heteroatoms. The number of hydrogen-bond acceptors (Lipinski definition) is 6. The molecule has 0 aliphatic carbocycles. The topological polar surface area (TPSA) is 122 Å². The molecule has 2 rings (SSSR count). The first-order chi connectivity index (χ1) is 14.0. The van der Waals surface area contributed by atoms with Crippen LogP contribution >= 0.6 is 34.8 Å². The molecule has 0 fully saturated rings. The number of sulfone groups is 1. The fourth-order valence-electron chi connectivity index (χ4n) is 2.57. The van der Waals surface area contributed by atoms with Crippen LogP contribution < -0.4 is 11.1 Å². The van der Waals surface area contributed by atoms with Crippen molar-refractivity contribution in [2.75, 3.05) is 12.1 Å². The van der Waals surface area contributed by atoms with Crippen LogP contribution in [0.15, 0.2) is 36.5 Å². The number of nitrogens with one attached hydrogen (secondary N) is 1. The van der Waals surface area contributed by atoms with Gasteiger partial charge in [-0.3, -0.25) is 9.78 Å². The van der Waals surface area contributed by atoms with Gasteiger partial charge in [-0.25, -0.2) is 12.8 Å². The van der Waals surface area contributed by atoms with Gasteiger partial charge in [-0.1, -0.05) is 47.5 Å². The molecule has 2 aromatic rings. The van der Waals surface area contributed by atoms with Crippen molar-refractivity contribution in [3.05, 3.63) is 53.6 Å². The predicted molar refractivity (Wildman–Crippen MR) is 115 cm³/mol. The number of hydrogen-bond donors (Lipinski definition) is 3. The van der Waals surface area contributed by atoms with Crippen LogP contribution in [-0.2, 0) is 14.6 Å². The Bertz CT molecular complexity index is 1010. The van der Waals surface area contributed by atoms with E-state index in [1.807, 2.05) is 0 Å². The lowest BCUT2D eigenvalue weighted by Gasteiger charge is -2.23. The van der Waals surface area contributed by atoms with Gasteiger partial charge in [0.2, 0.25) is 0 Å². The zero-order valence-corrected chi connectivity index (χ0v) is 18.7. The first-order valence-electron chi connectivity index (χ1n) is 8.48. The van der Waals surface area contributed by atoms with E-state index in [2.05, 4.69) is 10.3 Å². The molecule has 1 aromatic heterocycles. The molecule has 1 aromatic carbocycles. The predicted octanol–water partition coefficient (Wildman–Crippen LogP) is 2.45. The number of halogens is 4. The second-order valence-electron chi connectivity index (χ2n) is 6.48. The van der Waals surface area contributed by atoms with Crippen LogP contribution in [0.5, 0.6) is 0 Å². The van der Waals surface area contributed by atoms with E-state index in [0.29, 0.717) is 16.7 Å². The monoisotopic (exact) mass is 497 g/mol. The molecule has 0 radical (unpaired) electrons. The van der Waals surface area contributed by atoms with Crippen LogP contribution in [0.25, 0.3) is 11.1 Å². The van der Waals surface area contributed by atoms with E-state index >= 15 is 0 Å². The highest BCUT2D eigenvalue weighted by atomic mass is 35.5. The lowest BCUT2D eigenvalue weighted by Crippen LogP contribution is -2.43. The minimum atomic E-state index is -3.71. The van der Waals surface area contributed by atoms with E-state index in [9.17, 15) is 22.7 Å². The average molecular weight is 499 g/mol. The molecule has 0 aliphatic heterocycles. The van der Waals surface area contributed by atoms with Crippen molar-refractivity contribution in [3.63, 3.8) is 0 Å². The molecule has 164 valence electrons. The number of amides is 1. The number of nitrogens with zero attached hydrogens (tertiary/aromatic N) is 1. The number of aromatic nitrogens is 1. The summed E-state index contributed by atoms with van der Waals surface area (Å²) >= 11 is 16.8. The Morgan fingerprint density at radius 1 is 1.27 bits per heavy atom. The fourth-order valence-corrected chi connectivity index (χ4v) is 3.52. The summed E-state index contributed by atoms with van der Waals surface area (Å²) in [5, 5.41) is 11.3. The van der Waals surface area contributed by atoms with Gasteiger partial charge in [0.1, 0.15) is 17.6 Å². The third kappa shape index (κ3) is 6.03. The molecule has 0 saturated heterocycles. The molecule has 7 nitrogen and oxygen atoms in total. The highest BCUT2D eigenvalue weighted by molar-refractivity contribution is 7.90. The van der Waals surface area contributed by atoms with Gasteiger partial charge >= 0.3 is 0 Å². The third-order valence-corrected chi connectivity index (χ3v) is 6.13. The van der Waals surface area contributed by atoms with Crippen molar-refractivity contribution in [1.82, 2.24) is 10.3 Å². The summed E-state index contributed by atoms with van der Waals surface area (Å²) < 4.78 is 37.4. The standard InChI is InChI=1S/C18H19Cl3FN3O4S/c1-30(28,29)17(23)14-12(22)6-11(8-24-14)9-2-4-10(5-3-9)15(26)13(7-19)25-18(27)16(20)21/h2-6,8,13,15-17,26H,7,23H2,1H3,(H,25,27)/t13-,15-,17?/m1/s1. The number of alkyl halides is 3. The lowest BCUT2D eigenvalue weighted by molar-refractivity contribution is -0.120. The molecule has 1 heterocycles. The molecule has 1 amide bonds. The number of carbonyl (C=O) groups is 1. The first kappa shape index (κ1) is 24.8. The Morgan fingerprint density at radius 3 is 2.33 bits per heavy atom. The summed E-state index contributed by atoms with van der Waals surface area (Å²) in [6.07, 6.45) is 1.06. The summed E-state index contributed by atoms with van der Waals surface area (Å²) in [6, 6.07) is 6.63. The Morgan fingerprint density at radius 2 is 1.87 bits per heavy atom. The number of pyridine rings is 1. The number of carbonyl (C=O) groups excluding carboxylic acids is 1. The molecule has 30 heavy (non-hydrogen) atoms. The van der Waals surface area contributed by atoms with E-state index in [0.717, 1.165) is 12.3 Å². The van der Waals surface area contributed by atoms with E-state index in [1.165, 1.54) is 6.20 Å². The van der Waals surface area contributed by atoms with Crippen LogP contribution in [0.4, 0.5) is 4.39 Å². The maximum atomic E-state index is 14.3. The number of benzene rings is 1. The maximum Gasteiger partial charge on any atom is 0.253 e. The van der Waals surface area contributed by atoms with Gasteiger partial charge in [0.25, 0.3) is 5.91 Å². The van der Waals surface area contributed by atoms with E-state index < -0.39 is 43.9 Å². The molecule has 0 saturated carbocycles. The van der Waals surface area contributed by atoms with Crippen molar-refractivity contribution in [3.8, 4) is 11.1 Å². The Labute approximate surface area is 188 Å². The molecule has 3 atom stereocenters. The average Bonchev–Trinajstić information content (AvgIpc) is 2.70. The Balaban J connectivity index is 2.23. The minimum Gasteiger partial charge on any atom is -0.386 e. The summed E-state index contributed by atoms with van der Waals surface area (Å²) in [7, 11) is -3.71. The van der Waals surface area contributed by atoms with Crippen LogP contribution in [0.3, 0.4) is 0 Å². The quantitative estimate of drug-likeness (QED) is 0.481. The number of nitrogens with two attached hydrogens (primary N) is 1. The molecule has 0 bridgehead atoms. The van der Waals surface area contributed by atoms with Crippen molar-refractivity contribution < 1.29 is 22.7 Å². The molecule has 1 unspecified atom stereocenters. The zero-order valence-electron chi connectivity index (χ0n) is 15.6. The smallest absolute Gasteiger partial charge is 0.253 e. The largest absolute Gasteiger partial charge is 0.386 e. The summed E-state index contributed by atoms with van der Waals surface area (Å²) in [4.78, 5) is 14.2. The Hall–Kier alpha value is -1.49. The summed E-state index contributed by atoms with van der Waals surface area (Å²) in [6.45, 7) is 0. The first-order valence-corrected chi connectivity index (χ1v) is 11.8. The summed E-state index contributed by atoms with van der Waals surface area (Å²) in [5.41, 5.74) is 6.55. The second kappa shape index (κ2) is 10.2. The van der Waals surface area contributed by atoms with Gasteiger partial charge in [-0.05, 0) is 17.2 Å². The van der Waals surface area contributed by atoms with Crippen LogP contribution in [0, 0.1) is 5.82 Å². The van der Waals surface area contributed by atoms with Crippen LogP contribution in [-0.4, -0.2) is 47.4 Å². The summed E-state index contributed by atoms with van der Waals surface area (Å²) in [5.74, 6) is -1.63. The van der Waals surface area contributed by atoms with E-state index in [4.69, 9.17) is 40.5 Å². The molecular weight excluding hydrogens is 480 g/mol. The Kier molecular flexibility index (Phi) is 8.43. The third-order valence-electron chi connectivity index (χ3n) is 4.26. The second-order valence-corrected chi connectivity index (χ2v) is 10.0. The normalized spacial score (nSPS) is 14.9. The van der Waals surface area contributed by atoms with Crippen molar-refractivity contribution in [2.24, 2.45) is 5.73 Å². The van der Waals surface area contributed by atoms with Gasteiger partial charge < -0.3 is 16.2 Å². The lowest BCUT2D eigenvalue weighted by atomic mass is 9.99. The number of aliphatic hydroxyl groups is 1.